The van der Waals surface area contributed by atoms with Crippen molar-refractivity contribution in [3.63, 3.8) is 0 Å². The number of piperazine rings is 1. The third kappa shape index (κ3) is 4.14. The fraction of sp³-hybridized carbons (Fsp3) is 0.227. The van der Waals surface area contributed by atoms with E-state index in [0.29, 0.717) is 18.0 Å². The molecule has 0 amide bonds. The van der Waals surface area contributed by atoms with Crippen LogP contribution in [0.15, 0.2) is 84.0 Å². The number of rotatable bonds is 5. The molecule has 28 heavy (non-hydrogen) atoms. The van der Waals surface area contributed by atoms with Crippen LogP contribution in [0.1, 0.15) is 5.56 Å². The minimum absolute atomic E-state index is 0.349. The number of nitrogens with zero attached hydrogens (tertiary/aromatic N) is 3. The average molecular weight is 394 g/mol. The fourth-order valence-electron chi connectivity index (χ4n) is 3.48. The predicted molar refractivity (Wildman–Crippen MR) is 110 cm³/mol. The summed E-state index contributed by atoms with van der Waals surface area (Å²) in [7, 11) is -3.46. The van der Waals surface area contributed by atoms with Crippen LogP contribution in [0.4, 0.5) is 0 Å². The number of sulfonamides is 1. The summed E-state index contributed by atoms with van der Waals surface area (Å²) in [5.41, 5.74) is 3.26. The second-order valence-electron chi connectivity index (χ2n) is 6.93. The molecular weight excluding hydrogens is 370 g/mol. The molecule has 0 spiro atoms. The molecule has 0 N–H and O–H groups in total. The maximum atomic E-state index is 13.0. The van der Waals surface area contributed by atoms with E-state index in [2.05, 4.69) is 22.0 Å². The first-order valence-corrected chi connectivity index (χ1v) is 10.8. The Morgan fingerprint density at radius 1 is 0.750 bits per heavy atom. The lowest BCUT2D eigenvalue weighted by Crippen LogP contribution is -2.48. The molecule has 2 heterocycles. The molecule has 1 aliphatic heterocycles. The third-order valence-electron chi connectivity index (χ3n) is 5.09. The Morgan fingerprint density at radius 3 is 2.00 bits per heavy atom. The van der Waals surface area contributed by atoms with Crippen LogP contribution in [-0.4, -0.2) is 48.8 Å². The number of hydrogen-bond acceptors (Lipinski definition) is 4. The van der Waals surface area contributed by atoms with Gasteiger partial charge in [0.25, 0.3) is 0 Å². The van der Waals surface area contributed by atoms with Gasteiger partial charge >= 0.3 is 0 Å². The van der Waals surface area contributed by atoms with Crippen LogP contribution in [0.25, 0.3) is 11.1 Å². The molecule has 1 fully saturated rings. The molecule has 6 heteroatoms. The summed E-state index contributed by atoms with van der Waals surface area (Å²) in [6, 6.07) is 21.2. The van der Waals surface area contributed by atoms with Gasteiger partial charge in [0, 0.05) is 45.1 Å². The maximum Gasteiger partial charge on any atom is 0.243 e. The lowest BCUT2D eigenvalue weighted by atomic mass is 10.1. The molecule has 2 aromatic carbocycles. The normalized spacial score (nSPS) is 16.1. The highest BCUT2D eigenvalue weighted by Gasteiger charge is 2.28. The molecule has 0 bridgehead atoms. The SMILES string of the molecule is O=S(=O)(c1ccc(-c2ccncc2)cc1)N1CCN(Cc2ccccc2)CC1. The molecule has 1 aromatic heterocycles. The number of hydrogen-bond donors (Lipinski definition) is 0. The van der Waals surface area contributed by atoms with E-state index in [1.807, 2.05) is 42.5 Å². The molecule has 0 aliphatic carbocycles. The standard InChI is InChI=1S/C22H23N3O2S/c26-28(27,22-8-6-20(7-9-22)21-10-12-23-13-11-21)25-16-14-24(15-17-25)18-19-4-2-1-3-5-19/h1-13H,14-18H2. The van der Waals surface area contributed by atoms with Crippen molar-refractivity contribution < 1.29 is 8.42 Å². The Kier molecular flexibility index (Phi) is 5.52. The average Bonchev–Trinajstić information content (AvgIpc) is 2.76. The van der Waals surface area contributed by atoms with E-state index in [0.717, 1.165) is 30.8 Å². The summed E-state index contributed by atoms with van der Waals surface area (Å²) >= 11 is 0. The minimum atomic E-state index is -3.46. The first-order chi connectivity index (χ1) is 13.6. The van der Waals surface area contributed by atoms with Gasteiger partial charge < -0.3 is 0 Å². The summed E-state index contributed by atoms with van der Waals surface area (Å²) in [4.78, 5) is 6.66. The van der Waals surface area contributed by atoms with Gasteiger partial charge in [-0.1, -0.05) is 42.5 Å². The van der Waals surface area contributed by atoms with Gasteiger partial charge in [-0.25, -0.2) is 8.42 Å². The van der Waals surface area contributed by atoms with Crippen LogP contribution in [-0.2, 0) is 16.6 Å². The molecule has 4 rings (SSSR count). The topological polar surface area (TPSA) is 53.5 Å². The Bertz CT molecular complexity index is 999. The largest absolute Gasteiger partial charge is 0.296 e. The zero-order chi connectivity index (χ0) is 19.4. The zero-order valence-corrected chi connectivity index (χ0v) is 16.4. The van der Waals surface area contributed by atoms with E-state index in [1.165, 1.54) is 5.56 Å². The molecule has 144 valence electrons. The molecule has 3 aromatic rings. The van der Waals surface area contributed by atoms with Gasteiger partial charge in [-0.15, -0.1) is 0 Å². The van der Waals surface area contributed by atoms with Crippen molar-refractivity contribution >= 4 is 10.0 Å². The summed E-state index contributed by atoms with van der Waals surface area (Å²) in [6.45, 7) is 3.37. The minimum Gasteiger partial charge on any atom is -0.296 e. The van der Waals surface area contributed by atoms with Crippen molar-refractivity contribution in [2.45, 2.75) is 11.4 Å². The number of pyridine rings is 1. The van der Waals surface area contributed by atoms with Crippen molar-refractivity contribution in [2.75, 3.05) is 26.2 Å². The van der Waals surface area contributed by atoms with Crippen molar-refractivity contribution in [1.29, 1.82) is 0 Å². The van der Waals surface area contributed by atoms with Gasteiger partial charge in [0.1, 0.15) is 0 Å². The second kappa shape index (κ2) is 8.22. The van der Waals surface area contributed by atoms with Gasteiger partial charge in [0.2, 0.25) is 10.0 Å². The van der Waals surface area contributed by atoms with E-state index in [4.69, 9.17) is 0 Å². The van der Waals surface area contributed by atoms with E-state index in [1.54, 1.807) is 28.8 Å². The first kappa shape index (κ1) is 18.8. The van der Waals surface area contributed by atoms with Gasteiger partial charge in [0.15, 0.2) is 0 Å². The molecule has 1 saturated heterocycles. The van der Waals surface area contributed by atoms with E-state index in [9.17, 15) is 8.42 Å². The van der Waals surface area contributed by atoms with Crippen molar-refractivity contribution in [2.24, 2.45) is 0 Å². The Morgan fingerprint density at radius 2 is 1.36 bits per heavy atom. The van der Waals surface area contributed by atoms with Gasteiger partial charge in [-0.3, -0.25) is 9.88 Å². The van der Waals surface area contributed by atoms with Crippen LogP contribution in [0.5, 0.6) is 0 Å². The summed E-state index contributed by atoms with van der Waals surface area (Å²) < 4.78 is 27.6. The van der Waals surface area contributed by atoms with Crippen LogP contribution >= 0.6 is 0 Å². The van der Waals surface area contributed by atoms with Crippen LogP contribution in [0.2, 0.25) is 0 Å². The highest BCUT2D eigenvalue weighted by Crippen LogP contribution is 2.23. The lowest BCUT2D eigenvalue weighted by molar-refractivity contribution is 0.181. The molecule has 0 atom stereocenters. The number of benzene rings is 2. The first-order valence-electron chi connectivity index (χ1n) is 9.40. The second-order valence-corrected chi connectivity index (χ2v) is 8.86. The van der Waals surface area contributed by atoms with Gasteiger partial charge in [-0.05, 0) is 41.0 Å². The van der Waals surface area contributed by atoms with Crippen LogP contribution in [0, 0.1) is 0 Å². The molecule has 0 unspecified atom stereocenters. The maximum absolute atomic E-state index is 13.0. The Balaban J connectivity index is 1.41. The van der Waals surface area contributed by atoms with E-state index < -0.39 is 10.0 Å². The van der Waals surface area contributed by atoms with E-state index >= 15 is 0 Å². The van der Waals surface area contributed by atoms with Crippen LogP contribution in [0.3, 0.4) is 0 Å². The zero-order valence-electron chi connectivity index (χ0n) is 15.6. The predicted octanol–water partition coefficient (Wildman–Crippen LogP) is 3.26. The summed E-state index contributed by atoms with van der Waals surface area (Å²) in [5, 5.41) is 0. The molecule has 1 aliphatic rings. The Hall–Kier alpha value is -2.54. The van der Waals surface area contributed by atoms with Crippen molar-refractivity contribution in [1.82, 2.24) is 14.2 Å². The highest BCUT2D eigenvalue weighted by atomic mass is 32.2. The fourth-order valence-corrected chi connectivity index (χ4v) is 4.90. The monoisotopic (exact) mass is 393 g/mol. The van der Waals surface area contributed by atoms with Gasteiger partial charge in [-0.2, -0.15) is 4.31 Å². The highest BCUT2D eigenvalue weighted by molar-refractivity contribution is 7.89. The molecule has 0 radical (unpaired) electrons. The summed E-state index contributed by atoms with van der Waals surface area (Å²) in [6.07, 6.45) is 3.46. The molecular formula is C22H23N3O2S. The quantitative estimate of drug-likeness (QED) is 0.668. The lowest BCUT2D eigenvalue weighted by Gasteiger charge is -2.34. The third-order valence-corrected chi connectivity index (χ3v) is 7.00. The van der Waals surface area contributed by atoms with E-state index in [-0.39, 0.29) is 0 Å². The van der Waals surface area contributed by atoms with Crippen LogP contribution < -0.4 is 0 Å². The van der Waals surface area contributed by atoms with Crippen molar-refractivity contribution in [3.05, 3.63) is 84.7 Å². The smallest absolute Gasteiger partial charge is 0.243 e. The Labute approximate surface area is 166 Å². The van der Waals surface area contributed by atoms with Gasteiger partial charge in [0.05, 0.1) is 4.90 Å². The van der Waals surface area contributed by atoms with Crippen molar-refractivity contribution in [3.8, 4) is 11.1 Å². The number of aromatic nitrogens is 1. The summed E-state index contributed by atoms with van der Waals surface area (Å²) in [5.74, 6) is 0. The molecule has 0 saturated carbocycles. The molecule has 5 nitrogen and oxygen atoms in total.